The number of rotatable bonds is 3. The summed E-state index contributed by atoms with van der Waals surface area (Å²) in [7, 11) is 4.19. The van der Waals surface area contributed by atoms with E-state index in [1.807, 2.05) is 37.4 Å². The third-order valence-corrected chi connectivity index (χ3v) is 6.15. The average Bonchev–Trinajstić information content (AvgIpc) is 3.12. The van der Waals surface area contributed by atoms with Crippen LogP contribution in [-0.2, 0) is 7.05 Å². The molecule has 2 aromatic heterocycles. The molecule has 1 aliphatic heterocycles. The van der Waals surface area contributed by atoms with E-state index >= 15 is 0 Å². The molecule has 5 rings (SSSR count). The molecule has 0 radical (unpaired) electrons. The fourth-order valence-corrected chi connectivity index (χ4v) is 4.37. The number of hydrogen-bond donors (Lipinski definition) is 2. The molecule has 3 heterocycles. The molecule has 0 amide bonds. The predicted molar refractivity (Wildman–Crippen MR) is 128 cm³/mol. The maximum atomic E-state index is 6.65. The van der Waals surface area contributed by atoms with Crippen LogP contribution < -0.4 is 16.4 Å². The number of hydrogen-bond acceptors (Lipinski definition) is 6. The van der Waals surface area contributed by atoms with E-state index in [1.165, 1.54) is 0 Å². The molecule has 31 heavy (non-hydrogen) atoms. The summed E-state index contributed by atoms with van der Waals surface area (Å²) in [6, 6.07) is 14.2. The molecule has 1 saturated heterocycles. The lowest BCUT2D eigenvalue weighted by Gasteiger charge is -2.35. The third kappa shape index (κ3) is 3.37. The summed E-state index contributed by atoms with van der Waals surface area (Å²) in [5.41, 5.74) is 19.0. The Morgan fingerprint density at radius 2 is 1.68 bits per heavy atom. The molecule has 2 aromatic carbocycles. The highest BCUT2D eigenvalue weighted by atomic mass is 15.3. The third-order valence-electron chi connectivity index (χ3n) is 6.15. The van der Waals surface area contributed by atoms with Crippen molar-refractivity contribution in [2.75, 3.05) is 49.6 Å². The summed E-state index contributed by atoms with van der Waals surface area (Å²) in [5, 5.41) is 1.15. The Morgan fingerprint density at radius 3 is 2.48 bits per heavy atom. The van der Waals surface area contributed by atoms with Gasteiger partial charge in [0.05, 0.1) is 22.6 Å². The van der Waals surface area contributed by atoms with Crippen LogP contribution in [0.3, 0.4) is 0 Å². The number of benzene rings is 2. The van der Waals surface area contributed by atoms with E-state index in [9.17, 15) is 0 Å². The maximum absolute atomic E-state index is 6.65. The van der Waals surface area contributed by atoms with E-state index in [2.05, 4.69) is 44.7 Å². The molecule has 1 fully saturated rings. The zero-order valence-corrected chi connectivity index (χ0v) is 17.9. The molecule has 1 aliphatic rings. The molecule has 0 unspecified atom stereocenters. The highest BCUT2D eigenvalue weighted by molar-refractivity contribution is 5.96. The minimum absolute atomic E-state index is 0.552. The normalized spacial score (nSPS) is 15.0. The van der Waals surface area contributed by atoms with E-state index in [0.717, 1.165) is 54.0 Å². The van der Waals surface area contributed by atoms with Crippen molar-refractivity contribution in [2.45, 2.75) is 0 Å². The van der Waals surface area contributed by atoms with Gasteiger partial charge in [-0.15, -0.1) is 0 Å². The van der Waals surface area contributed by atoms with Crippen LogP contribution in [-0.4, -0.2) is 52.7 Å². The fraction of sp³-hybridized carbons (Fsp3) is 0.250. The first kappa shape index (κ1) is 19.4. The molecule has 7 heteroatoms. The van der Waals surface area contributed by atoms with Crippen molar-refractivity contribution in [3.05, 3.63) is 54.9 Å². The lowest BCUT2D eigenvalue weighted by Crippen LogP contribution is -2.44. The monoisotopic (exact) mass is 413 g/mol. The van der Waals surface area contributed by atoms with Gasteiger partial charge < -0.3 is 25.8 Å². The van der Waals surface area contributed by atoms with Gasteiger partial charge in [0.15, 0.2) is 5.82 Å². The summed E-state index contributed by atoms with van der Waals surface area (Å²) in [6.45, 7) is 3.88. The van der Waals surface area contributed by atoms with Crippen molar-refractivity contribution in [2.24, 2.45) is 7.05 Å². The molecule has 0 spiro atoms. The van der Waals surface area contributed by atoms with Gasteiger partial charge in [-0.2, -0.15) is 0 Å². The number of piperazine rings is 1. The summed E-state index contributed by atoms with van der Waals surface area (Å²) in [5.74, 6) is 0.552. The maximum Gasteiger partial charge on any atom is 0.164 e. The van der Waals surface area contributed by atoms with Gasteiger partial charge in [-0.3, -0.25) is 0 Å². The molecular weight excluding hydrogens is 386 g/mol. The topological polar surface area (TPSA) is 89.2 Å². The fourth-order valence-electron chi connectivity index (χ4n) is 4.37. The van der Waals surface area contributed by atoms with Crippen LogP contribution in [0.2, 0.25) is 0 Å². The molecule has 7 nitrogen and oxygen atoms in total. The number of nitrogens with two attached hydrogens (primary N) is 2. The largest absolute Gasteiger partial charge is 0.398 e. The SMILES string of the molecule is CN1CCN(c2ccc(N)c(-c3nccc(-c4cn(C)c5ccccc45)n3)c2N)CC1. The second-order valence-corrected chi connectivity index (χ2v) is 8.19. The van der Waals surface area contributed by atoms with Crippen LogP contribution in [0, 0.1) is 0 Å². The number of nitrogen functional groups attached to an aromatic ring is 2. The van der Waals surface area contributed by atoms with E-state index in [0.29, 0.717) is 22.8 Å². The van der Waals surface area contributed by atoms with Crippen LogP contribution in [0.5, 0.6) is 0 Å². The van der Waals surface area contributed by atoms with E-state index in [-0.39, 0.29) is 0 Å². The van der Waals surface area contributed by atoms with Gasteiger partial charge in [0.25, 0.3) is 0 Å². The van der Waals surface area contributed by atoms with E-state index in [1.54, 1.807) is 6.20 Å². The van der Waals surface area contributed by atoms with Crippen LogP contribution >= 0.6 is 0 Å². The molecular formula is C24H27N7. The first-order valence-electron chi connectivity index (χ1n) is 10.5. The van der Waals surface area contributed by atoms with Crippen molar-refractivity contribution in [3.63, 3.8) is 0 Å². The van der Waals surface area contributed by atoms with Crippen molar-refractivity contribution in [1.29, 1.82) is 0 Å². The molecule has 4 aromatic rings. The van der Waals surface area contributed by atoms with Gasteiger partial charge in [0.2, 0.25) is 0 Å². The molecule has 0 bridgehead atoms. The van der Waals surface area contributed by atoms with Gasteiger partial charge in [-0.05, 0) is 31.3 Å². The smallest absolute Gasteiger partial charge is 0.164 e. The Morgan fingerprint density at radius 1 is 0.903 bits per heavy atom. The van der Waals surface area contributed by atoms with Crippen LogP contribution in [0.15, 0.2) is 54.9 Å². The number of nitrogens with zero attached hydrogens (tertiary/aromatic N) is 5. The standard InChI is InChI=1S/C24H27N7/c1-29-11-13-31(14-12-29)21-8-7-18(25)22(23(21)26)24-27-10-9-19(28-24)17-15-30(2)20-6-4-3-5-16(17)20/h3-10,15H,11-14,25-26H2,1-2H3. The Balaban J connectivity index is 1.59. The van der Waals surface area contributed by atoms with Gasteiger partial charge in [0.1, 0.15) is 0 Å². The summed E-state index contributed by atoms with van der Waals surface area (Å²) in [4.78, 5) is 14.1. The Kier molecular flexibility index (Phi) is 4.75. The first-order valence-corrected chi connectivity index (χ1v) is 10.5. The quantitative estimate of drug-likeness (QED) is 0.501. The van der Waals surface area contributed by atoms with E-state index < -0.39 is 0 Å². The second-order valence-electron chi connectivity index (χ2n) is 8.19. The number of aryl methyl sites for hydroxylation is 1. The van der Waals surface area contributed by atoms with Crippen molar-refractivity contribution in [3.8, 4) is 22.6 Å². The summed E-state index contributed by atoms with van der Waals surface area (Å²) >= 11 is 0. The highest BCUT2D eigenvalue weighted by Crippen LogP contribution is 2.38. The van der Waals surface area contributed by atoms with Crippen molar-refractivity contribution < 1.29 is 0 Å². The molecule has 0 saturated carbocycles. The lowest BCUT2D eigenvalue weighted by atomic mass is 10.1. The average molecular weight is 414 g/mol. The second kappa shape index (κ2) is 7.59. The first-order chi connectivity index (χ1) is 15.0. The summed E-state index contributed by atoms with van der Waals surface area (Å²) < 4.78 is 2.11. The van der Waals surface area contributed by atoms with Crippen molar-refractivity contribution in [1.82, 2.24) is 19.4 Å². The zero-order valence-electron chi connectivity index (χ0n) is 17.9. The lowest BCUT2D eigenvalue weighted by molar-refractivity contribution is 0.313. The Bertz CT molecular complexity index is 1250. The minimum Gasteiger partial charge on any atom is -0.398 e. The zero-order chi connectivity index (χ0) is 21.5. The number of aromatic nitrogens is 3. The number of fused-ring (bicyclic) bond motifs is 1. The van der Waals surface area contributed by atoms with Gasteiger partial charge in [-0.1, -0.05) is 18.2 Å². The van der Waals surface area contributed by atoms with Gasteiger partial charge in [0, 0.05) is 67.8 Å². The number of para-hydroxylation sites is 1. The minimum atomic E-state index is 0.552. The van der Waals surface area contributed by atoms with Crippen LogP contribution in [0.25, 0.3) is 33.5 Å². The Hall–Kier alpha value is -3.58. The Labute approximate surface area is 181 Å². The number of anilines is 3. The van der Waals surface area contributed by atoms with E-state index in [4.69, 9.17) is 16.5 Å². The molecule has 0 aliphatic carbocycles. The van der Waals surface area contributed by atoms with Gasteiger partial charge in [-0.25, -0.2) is 9.97 Å². The molecule has 0 atom stereocenters. The predicted octanol–water partition coefficient (Wildman–Crippen LogP) is 3.22. The van der Waals surface area contributed by atoms with Crippen LogP contribution in [0.1, 0.15) is 0 Å². The van der Waals surface area contributed by atoms with Crippen LogP contribution in [0.4, 0.5) is 17.1 Å². The molecule has 4 N–H and O–H groups in total. The van der Waals surface area contributed by atoms with Gasteiger partial charge >= 0.3 is 0 Å². The van der Waals surface area contributed by atoms with Crippen molar-refractivity contribution >= 4 is 28.0 Å². The molecule has 158 valence electrons. The summed E-state index contributed by atoms with van der Waals surface area (Å²) in [6.07, 6.45) is 3.88. The highest BCUT2D eigenvalue weighted by Gasteiger charge is 2.21. The number of likely N-dealkylation sites (N-methyl/N-ethyl adjacent to an activating group) is 1.